The number of H-pyrrole nitrogens is 1. The van der Waals surface area contributed by atoms with E-state index in [1.54, 1.807) is 24.3 Å². The average Bonchev–Trinajstić information content (AvgIpc) is 2.92. The molecule has 12 nitrogen and oxygen atoms in total. The summed E-state index contributed by atoms with van der Waals surface area (Å²) >= 11 is 11.6. The van der Waals surface area contributed by atoms with Crippen molar-refractivity contribution >= 4 is 51.7 Å². The highest BCUT2D eigenvalue weighted by Gasteiger charge is 2.17. The first kappa shape index (κ1) is 35.8. The van der Waals surface area contributed by atoms with Gasteiger partial charge < -0.3 is 39.5 Å². The van der Waals surface area contributed by atoms with Gasteiger partial charge in [0.1, 0.15) is 5.56 Å². The third kappa shape index (κ3) is 11.3. The van der Waals surface area contributed by atoms with E-state index in [0.29, 0.717) is 48.2 Å². The number of nitrogens with zero attached hydrogens (tertiary/aromatic N) is 1. The Morgan fingerprint density at radius 3 is 1.98 bits per heavy atom. The smallest absolute Gasteiger partial charge is 0.339 e. The summed E-state index contributed by atoms with van der Waals surface area (Å²) in [5, 5.41) is 16.7. The van der Waals surface area contributed by atoms with Gasteiger partial charge in [0.05, 0.1) is 28.1 Å². The quantitative estimate of drug-likeness (QED) is 0.0960. The SMILES string of the molecule is CCOC(OCC)C(=N)OC.CCOC(OCC)c1nc2cccc(Cl)c2c(=O)[nH]1.Nc1cccc(Cl)c1C(=O)O. The second-order valence-corrected chi connectivity index (χ2v) is 8.46. The van der Waals surface area contributed by atoms with E-state index in [1.165, 1.54) is 19.2 Å². The molecule has 0 aliphatic heterocycles. The normalized spacial score (nSPS) is 10.6. The molecule has 0 fully saturated rings. The number of halogens is 2. The number of anilines is 1. The predicted molar refractivity (Wildman–Crippen MR) is 158 cm³/mol. The van der Waals surface area contributed by atoms with Gasteiger partial charge in [0.2, 0.25) is 18.5 Å². The average molecular weight is 616 g/mol. The van der Waals surface area contributed by atoms with Gasteiger partial charge in [-0.3, -0.25) is 10.2 Å². The standard InChI is InChI=1S/C13H15ClN2O3.C7H6ClNO2.C7H15NO3/c1-3-18-13(19-4-2)11-15-9-7-5-6-8(14)10(9)12(17)16-11;8-4-2-1-3-5(9)6(4)7(10)11;1-4-10-7(11-5-2)6(8)9-3/h5-7,13H,3-4H2,1-2H3,(H,15,16,17);1-3H,9H2,(H,10,11);7-8H,4-5H2,1-3H3. The van der Waals surface area contributed by atoms with Crippen molar-refractivity contribution in [2.45, 2.75) is 40.3 Å². The molecule has 0 aliphatic rings. The molecule has 41 heavy (non-hydrogen) atoms. The Hall–Kier alpha value is -3.26. The molecule has 0 amide bonds. The number of aromatic amines is 1. The van der Waals surface area contributed by atoms with Crippen LogP contribution in [0.3, 0.4) is 0 Å². The summed E-state index contributed by atoms with van der Waals surface area (Å²) in [5.41, 5.74) is 5.74. The van der Waals surface area contributed by atoms with E-state index >= 15 is 0 Å². The van der Waals surface area contributed by atoms with Gasteiger partial charge in [-0.15, -0.1) is 0 Å². The van der Waals surface area contributed by atoms with E-state index in [1.807, 2.05) is 27.7 Å². The Labute approximate surface area is 248 Å². The van der Waals surface area contributed by atoms with Crippen LogP contribution in [0.4, 0.5) is 5.69 Å². The molecule has 0 spiro atoms. The molecule has 0 saturated heterocycles. The number of ether oxygens (including phenoxy) is 5. The number of carboxylic acid groups (broad SMARTS) is 1. The molecule has 14 heteroatoms. The van der Waals surface area contributed by atoms with E-state index in [0.717, 1.165) is 0 Å². The van der Waals surface area contributed by atoms with Crippen molar-refractivity contribution in [2.24, 2.45) is 0 Å². The topological polar surface area (TPSA) is 179 Å². The number of nitrogen functional groups attached to an aromatic ring is 1. The highest BCUT2D eigenvalue weighted by molar-refractivity contribution is 6.35. The van der Waals surface area contributed by atoms with Crippen LogP contribution < -0.4 is 11.3 Å². The zero-order valence-corrected chi connectivity index (χ0v) is 25.0. The van der Waals surface area contributed by atoms with E-state index < -0.39 is 18.5 Å². The van der Waals surface area contributed by atoms with Crippen molar-refractivity contribution in [3.8, 4) is 0 Å². The lowest BCUT2D eigenvalue weighted by atomic mass is 10.2. The number of aromatic nitrogens is 2. The lowest BCUT2D eigenvalue weighted by Crippen LogP contribution is -2.28. The summed E-state index contributed by atoms with van der Waals surface area (Å²) in [4.78, 5) is 29.5. The van der Waals surface area contributed by atoms with Crippen LogP contribution in [0.2, 0.25) is 10.0 Å². The van der Waals surface area contributed by atoms with E-state index in [9.17, 15) is 9.59 Å². The Morgan fingerprint density at radius 2 is 1.51 bits per heavy atom. The molecule has 0 unspecified atom stereocenters. The van der Waals surface area contributed by atoms with Crippen LogP contribution in [0.25, 0.3) is 10.9 Å². The molecular formula is C27H36Cl2N4O8. The number of rotatable bonds is 11. The summed E-state index contributed by atoms with van der Waals surface area (Å²) in [6.45, 7) is 9.32. The summed E-state index contributed by atoms with van der Waals surface area (Å²) in [6, 6.07) is 9.72. The molecule has 226 valence electrons. The Bertz CT molecular complexity index is 1290. The van der Waals surface area contributed by atoms with Crippen molar-refractivity contribution in [2.75, 3.05) is 39.3 Å². The van der Waals surface area contributed by atoms with Crippen LogP contribution in [0, 0.1) is 5.41 Å². The maximum Gasteiger partial charge on any atom is 0.339 e. The number of nitrogens with one attached hydrogen (secondary N) is 2. The highest BCUT2D eigenvalue weighted by Crippen LogP contribution is 2.22. The maximum atomic E-state index is 12.0. The fourth-order valence-corrected chi connectivity index (χ4v) is 3.67. The molecule has 5 N–H and O–H groups in total. The molecule has 0 atom stereocenters. The molecule has 3 rings (SSSR count). The fourth-order valence-electron chi connectivity index (χ4n) is 3.15. The van der Waals surface area contributed by atoms with Crippen LogP contribution in [0.5, 0.6) is 0 Å². The van der Waals surface area contributed by atoms with Gasteiger partial charge in [-0.05, 0) is 52.0 Å². The third-order valence-electron chi connectivity index (χ3n) is 4.89. The number of carboxylic acids is 1. The minimum Gasteiger partial charge on any atom is -0.481 e. The van der Waals surface area contributed by atoms with Gasteiger partial charge >= 0.3 is 5.97 Å². The number of nitrogens with two attached hydrogens (primary N) is 1. The monoisotopic (exact) mass is 614 g/mol. The second-order valence-electron chi connectivity index (χ2n) is 7.65. The molecule has 0 radical (unpaired) electrons. The van der Waals surface area contributed by atoms with Crippen LogP contribution in [0.1, 0.15) is 50.2 Å². The lowest BCUT2D eigenvalue weighted by Gasteiger charge is -2.16. The molecule has 0 aliphatic carbocycles. The van der Waals surface area contributed by atoms with Gasteiger partial charge in [0.15, 0.2) is 5.82 Å². The fraction of sp³-hybridized carbons (Fsp3) is 0.407. The summed E-state index contributed by atoms with van der Waals surface area (Å²) in [7, 11) is 1.42. The maximum absolute atomic E-state index is 12.0. The van der Waals surface area contributed by atoms with Crippen LogP contribution >= 0.6 is 23.2 Å². The van der Waals surface area contributed by atoms with Crippen molar-refractivity contribution < 1.29 is 33.6 Å². The minimum absolute atomic E-state index is 0.00806. The molecule has 3 aromatic rings. The summed E-state index contributed by atoms with van der Waals surface area (Å²) in [5.74, 6) is -0.745. The molecular weight excluding hydrogens is 579 g/mol. The molecule has 0 saturated carbocycles. The van der Waals surface area contributed by atoms with Gasteiger partial charge in [-0.1, -0.05) is 35.3 Å². The number of methoxy groups -OCH3 is 1. The van der Waals surface area contributed by atoms with Crippen molar-refractivity contribution in [1.29, 1.82) is 5.41 Å². The number of hydrogen-bond acceptors (Lipinski definition) is 10. The number of benzene rings is 2. The molecule has 0 bridgehead atoms. The van der Waals surface area contributed by atoms with Gasteiger partial charge in [0.25, 0.3) is 5.56 Å². The van der Waals surface area contributed by atoms with E-state index in [-0.39, 0.29) is 27.7 Å². The molecule has 1 heterocycles. The van der Waals surface area contributed by atoms with Gasteiger partial charge in [-0.25, -0.2) is 9.78 Å². The van der Waals surface area contributed by atoms with Crippen LogP contribution in [-0.2, 0) is 23.7 Å². The van der Waals surface area contributed by atoms with Crippen LogP contribution in [-0.4, -0.2) is 66.8 Å². The number of fused-ring (bicyclic) bond motifs is 1. The molecule has 2 aromatic carbocycles. The Kier molecular flexibility index (Phi) is 16.5. The summed E-state index contributed by atoms with van der Waals surface area (Å²) in [6.07, 6.45) is -1.32. The number of carbonyl (C=O) groups is 1. The zero-order chi connectivity index (χ0) is 30.9. The second kappa shape index (κ2) is 19.0. The van der Waals surface area contributed by atoms with Crippen molar-refractivity contribution in [3.05, 3.63) is 68.2 Å². The summed E-state index contributed by atoms with van der Waals surface area (Å²) < 4.78 is 25.6. The van der Waals surface area contributed by atoms with Crippen LogP contribution in [0.15, 0.2) is 41.2 Å². The third-order valence-corrected chi connectivity index (χ3v) is 5.52. The predicted octanol–water partition coefficient (Wildman–Crippen LogP) is 5.28. The highest BCUT2D eigenvalue weighted by atomic mass is 35.5. The van der Waals surface area contributed by atoms with Crippen molar-refractivity contribution in [1.82, 2.24) is 9.97 Å². The zero-order valence-electron chi connectivity index (χ0n) is 23.5. The van der Waals surface area contributed by atoms with Gasteiger partial charge in [0, 0.05) is 32.1 Å². The minimum atomic E-state index is -1.10. The first-order valence-corrected chi connectivity index (χ1v) is 13.4. The first-order chi connectivity index (χ1) is 19.6. The van der Waals surface area contributed by atoms with Gasteiger partial charge in [-0.2, -0.15) is 0 Å². The molecule has 1 aromatic heterocycles. The first-order valence-electron chi connectivity index (χ1n) is 12.6. The van der Waals surface area contributed by atoms with E-state index in [2.05, 4.69) is 14.7 Å². The Balaban J connectivity index is 0.000000330. The number of hydrogen-bond donors (Lipinski definition) is 4. The van der Waals surface area contributed by atoms with Crippen molar-refractivity contribution in [3.63, 3.8) is 0 Å². The number of aromatic carboxylic acids is 1. The lowest BCUT2D eigenvalue weighted by molar-refractivity contribution is -0.145. The largest absolute Gasteiger partial charge is 0.481 e. The Morgan fingerprint density at radius 1 is 0.976 bits per heavy atom. The van der Waals surface area contributed by atoms with E-state index in [4.69, 9.17) is 58.4 Å².